The second-order valence-corrected chi connectivity index (χ2v) is 5.71. The van der Waals surface area contributed by atoms with Crippen LogP contribution in [0.15, 0.2) is 61.1 Å². The van der Waals surface area contributed by atoms with Gasteiger partial charge in [0.2, 0.25) is 0 Å². The average molecular weight is 375 g/mol. The number of nitrogens with one attached hydrogen (secondary N) is 2. The number of nitrogens with zero attached hydrogens (tertiary/aromatic N) is 3. The zero-order valence-corrected chi connectivity index (χ0v) is 14.1. The van der Waals surface area contributed by atoms with Crippen LogP contribution in [0.2, 0.25) is 0 Å². The fourth-order valence-corrected chi connectivity index (χ4v) is 2.30. The molecular weight excluding hydrogens is 359 g/mol. The first kappa shape index (κ1) is 18.4. The number of pyridine rings is 1. The number of halogens is 3. The van der Waals surface area contributed by atoms with Crippen molar-refractivity contribution in [2.45, 2.75) is 19.3 Å². The van der Waals surface area contributed by atoms with E-state index >= 15 is 0 Å². The Morgan fingerprint density at radius 1 is 1.00 bits per heavy atom. The van der Waals surface area contributed by atoms with Gasteiger partial charge in [0.05, 0.1) is 5.56 Å². The number of hydrogen-bond donors (Lipinski definition) is 2. The monoisotopic (exact) mass is 375 g/mol. The minimum absolute atomic E-state index is 0.125. The number of hydrogen-bond acceptors (Lipinski definition) is 3. The molecule has 0 unspecified atom stereocenters. The molecule has 0 aliphatic carbocycles. The average Bonchev–Trinajstić information content (AvgIpc) is 3.19. The number of urea groups is 1. The van der Waals surface area contributed by atoms with E-state index in [-0.39, 0.29) is 13.1 Å². The SMILES string of the molecule is O=C(NCc1ccc(C(F)(F)F)cc1)NCc1ccc(-n2cccn2)nc1. The minimum atomic E-state index is -4.37. The summed E-state index contributed by atoms with van der Waals surface area (Å²) in [6.45, 7) is 0.395. The van der Waals surface area contributed by atoms with Crippen molar-refractivity contribution in [2.75, 3.05) is 0 Å². The van der Waals surface area contributed by atoms with Gasteiger partial charge in [-0.25, -0.2) is 14.5 Å². The van der Waals surface area contributed by atoms with Gasteiger partial charge in [-0.05, 0) is 35.4 Å². The van der Waals surface area contributed by atoms with E-state index in [4.69, 9.17) is 0 Å². The van der Waals surface area contributed by atoms with E-state index in [1.165, 1.54) is 12.1 Å². The second kappa shape index (κ2) is 7.90. The Kier molecular flexibility index (Phi) is 5.39. The molecule has 0 radical (unpaired) electrons. The highest BCUT2D eigenvalue weighted by atomic mass is 19.4. The van der Waals surface area contributed by atoms with Crippen molar-refractivity contribution in [3.8, 4) is 5.82 Å². The largest absolute Gasteiger partial charge is 0.416 e. The molecule has 1 aromatic carbocycles. The van der Waals surface area contributed by atoms with Crippen LogP contribution in [0.1, 0.15) is 16.7 Å². The smallest absolute Gasteiger partial charge is 0.334 e. The van der Waals surface area contributed by atoms with Crippen LogP contribution in [0, 0.1) is 0 Å². The van der Waals surface area contributed by atoms with Crippen molar-refractivity contribution in [3.63, 3.8) is 0 Å². The molecule has 0 atom stereocenters. The number of aromatic nitrogens is 3. The standard InChI is InChI=1S/C18H16F3N5O/c19-18(20,21)15-5-2-13(3-6-15)10-23-17(27)24-12-14-4-7-16(22-11-14)26-9-1-8-25-26/h1-9,11H,10,12H2,(H2,23,24,27). The quantitative estimate of drug-likeness (QED) is 0.719. The van der Waals surface area contributed by atoms with Crippen LogP contribution < -0.4 is 10.6 Å². The van der Waals surface area contributed by atoms with Gasteiger partial charge in [-0.2, -0.15) is 18.3 Å². The van der Waals surface area contributed by atoms with Crippen LogP contribution in [0.4, 0.5) is 18.0 Å². The molecule has 27 heavy (non-hydrogen) atoms. The number of amides is 2. The van der Waals surface area contributed by atoms with Crippen LogP contribution in [-0.4, -0.2) is 20.8 Å². The van der Waals surface area contributed by atoms with Crippen molar-refractivity contribution in [1.29, 1.82) is 0 Å². The number of carbonyl (C=O) groups excluding carboxylic acids is 1. The molecule has 6 nitrogen and oxygen atoms in total. The molecule has 0 aliphatic heterocycles. The molecule has 0 aliphatic rings. The lowest BCUT2D eigenvalue weighted by Gasteiger charge is -2.10. The predicted octanol–water partition coefficient (Wildman–Crippen LogP) is 3.29. The van der Waals surface area contributed by atoms with Crippen LogP contribution in [-0.2, 0) is 19.3 Å². The fraction of sp³-hybridized carbons (Fsp3) is 0.167. The zero-order valence-electron chi connectivity index (χ0n) is 14.1. The summed E-state index contributed by atoms with van der Waals surface area (Å²) < 4.78 is 39.2. The van der Waals surface area contributed by atoms with Crippen molar-refractivity contribution in [3.05, 3.63) is 77.7 Å². The first-order valence-electron chi connectivity index (χ1n) is 8.04. The van der Waals surface area contributed by atoms with Gasteiger partial charge in [0, 0.05) is 31.7 Å². The lowest BCUT2D eigenvalue weighted by Crippen LogP contribution is -2.34. The first-order chi connectivity index (χ1) is 12.9. The minimum Gasteiger partial charge on any atom is -0.334 e. The molecule has 3 aromatic rings. The maximum Gasteiger partial charge on any atom is 0.416 e. The van der Waals surface area contributed by atoms with E-state index in [0.29, 0.717) is 11.4 Å². The Morgan fingerprint density at radius 3 is 2.22 bits per heavy atom. The first-order valence-corrected chi connectivity index (χ1v) is 8.04. The lowest BCUT2D eigenvalue weighted by molar-refractivity contribution is -0.137. The molecule has 9 heteroatoms. The third kappa shape index (κ3) is 5.06. The molecule has 2 heterocycles. The van der Waals surface area contributed by atoms with Crippen molar-refractivity contribution in [1.82, 2.24) is 25.4 Å². The summed E-state index contributed by atoms with van der Waals surface area (Å²) in [5.74, 6) is 0.663. The topological polar surface area (TPSA) is 71.8 Å². The Hall–Kier alpha value is -3.36. The van der Waals surface area contributed by atoms with Gasteiger partial charge >= 0.3 is 12.2 Å². The molecule has 0 bridgehead atoms. The predicted molar refractivity (Wildman–Crippen MR) is 91.9 cm³/mol. The number of alkyl halides is 3. The van der Waals surface area contributed by atoms with Crippen LogP contribution in [0.25, 0.3) is 5.82 Å². The summed E-state index contributed by atoms with van der Waals surface area (Å²) in [6, 6.07) is 9.61. The Labute approximate surface area is 153 Å². The van der Waals surface area contributed by atoms with E-state index in [9.17, 15) is 18.0 Å². The Balaban J connectivity index is 1.46. The highest BCUT2D eigenvalue weighted by molar-refractivity contribution is 5.73. The zero-order chi connectivity index (χ0) is 19.3. The van der Waals surface area contributed by atoms with Crippen LogP contribution in [0.5, 0.6) is 0 Å². The van der Waals surface area contributed by atoms with Crippen molar-refractivity contribution >= 4 is 6.03 Å². The molecule has 0 saturated heterocycles. The van der Waals surface area contributed by atoms with Gasteiger partial charge in [-0.1, -0.05) is 18.2 Å². The third-order valence-electron chi connectivity index (χ3n) is 3.74. The molecule has 0 fully saturated rings. The summed E-state index contributed by atoms with van der Waals surface area (Å²) in [7, 11) is 0. The van der Waals surface area contributed by atoms with Gasteiger partial charge in [0.25, 0.3) is 0 Å². The molecular formula is C18H16F3N5O. The van der Waals surface area contributed by atoms with Crippen LogP contribution in [0.3, 0.4) is 0 Å². The maximum absolute atomic E-state index is 12.5. The van der Waals surface area contributed by atoms with E-state index in [0.717, 1.165) is 17.7 Å². The van der Waals surface area contributed by atoms with Gasteiger partial charge < -0.3 is 10.6 Å². The fourth-order valence-electron chi connectivity index (χ4n) is 2.30. The number of carbonyl (C=O) groups is 1. The van der Waals surface area contributed by atoms with Crippen LogP contribution >= 0.6 is 0 Å². The molecule has 2 aromatic heterocycles. The number of benzene rings is 1. The van der Waals surface area contributed by atoms with Crippen molar-refractivity contribution < 1.29 is 18.0 Å². The molecule has 2 amide bonds. The lowest BCUT2D eigenvalue weighted by atomic mass is 10.1. The molecule has 3 rings (SSSR count). The highest BCUT2D eigenvalue weighted by Gasteiger charge is 2.29. The van der Waals surface area contributed by atoms with Gasteiger partial charge in [-0.3, -0.25) is 0 Å². The second-order valence-electron chi connectivity index (χ2n) is 5.71. The molecule has 0 spiro atoms. The molecule has 140 valence electrons. The third-order valence-corrected chi connectivity index (χ3v) is 3.74. The normalized spacial score (nSPS) is 11.2. The summed E-state index contributed by atoms with van der Waals surface area (Å²) in [5, 5.41) is 9.34. The summed E-state index contributed by atoms with van der Waals surface area (Å²) in [4.78, 5) is 16.1. The van der Waals surface area contributed by atoms with E-state index < -0.39 is 17.8 Å². The Bertz CT molecular complexity index is 875. The maximum atomic E-state index is 12.5. The summed E-state index contributed by atoms with van der Waals surface area (Å²) in [5.41, 5.74) is 0.653. The summed E-state index contributed by atoms with van der Waals surface area (Å²) in [6.07, 6.45) is 0.685. The molecule has 2 N–H and O–H groups in total. The van der Waals surface area contributed by atoms with Gasteiger partial charge in [0.15, 0.2) is 5.82 Å². The number of rotatable bonds is 5. The van der Waals surface area contributed by atoms with E-state index in [2.05, 4.69) is 20.7 Å². The summed E-state index contributed by atoms with van der Waals surface area (Å²) >= 11 is 0. The molecule has 0 saturated carbocycles. The Morgan fingerprint density at radius 2 is 1.67 bits per heavy atom. The van der Waals surface area contributed by atoms with Gasteiger partial charge in [0.1, 0.15) is 0 Å². The highest BCUT2D eigenvalue weighted by Crippen LogP contribution is 2.29. The van der Waals surface area contributed by atoms with E-state index in [1.807, 2.05) is 6.07 Å². The van der Waals surface area contributed by atoms with E-state index in [1.54, 1.807) is 35.4 Å². The van der Waals surface area contributed by atoms with Crippen molar-refractivity contribution in [2.24, 2.45) is 0 Å². The van der Waals surface area contributed by atoms with Gasteiger partial charge in [-0.15, -0.1) is 0 Å².